The number of carbonyl (C=O) groups excluding carboxylic acids is 6. The van der Waals surface area contributed by atoms with Gasteiger partial charge in [0, 0.05) is 52.7 Å². The van der Waals surface area contributed by atoms with Crippen LogP contribution >= 0.6 is 0 Å². The number of allylic oxidation sites excluding steroid dienone is 4. The number of amides is 2. The van der Waals surface area contributed by atoms with E-state index in [-0.39, 0.29) is 74.4 Å². The van der Waals surface area contributed by atoms with Crippen LogP contribution in [-0.2, 0) is 49.3 Å². The second-order valence-corrected chi connectivity index (χ2v) is 24.4. The number of unbranched alkanes of at least 4 members (excludes halogenated alkanes) is 2. The number of anilines is 1. The number of aliphatic hydroxyl groups excluding tert-OH is 2. The molecule has 1 saturated heterocycles. The number of benzene rings is 4. The Labute approximate surface area is 471 Å². The normalized spacial score (nSPS) is 29.2. The van der Waals surface area contributed by atoms with Crippen LogP contribution in [0.3, 0.4) is 0 Å². The van der Waals surface area contributed by atoms with Crippen molar-refractivity contribution in [3.63, 3.8) is 0 Å². The molecule has 0 aromatic heterocycles. The largest absolute Gasteiger partial charge is 0.460 e. The third-order valence-electron chi connectivity index (χ3n) is 18.3. The minimum absolute atomic E-state index is 0.000990. The van der Waals surface area contributed by atoms with Crippen LogP contribution in [0, 0.1) is 28.6 Å². The van der Waals surface area contributed by atoms with E-state index in [1.165, 1.54) is 19.1 Å². The Hall–Kier alpha value is -6.72. The summed E-state index contributed by atoms with van der Waals surface area (Å²) in [4.78, 5) is 79.3. The molecule has 6 aliphatic rings. The highest BCUT2D eigenvalue weighted by Gasteiger charge is 2.80. The molecule has 0 unspecified atom stereocenters. The highest BCUT2D eigenvalue weighted by molar-refractivity contribution is 6.01. The summed E-state index contributed by atoms with van der Waals surface area (Å²) in [5.41, 5.74) is -0.454. The van der Waals surface area contributed by atoms with Crippen molar-refractivity contribution >= 4 is 41.0 Å². The highest BCUT2D eigenvalue weighted by atomic mass is 19.1. The molecule has 10 rings (SSSR count). The van der Waals surface area contributed by atoms with Crippen molar-refractivity contribution in [2.24, 2.45) is 28.6 Å². The number of nitrogens with one attached hydrogen (secondary N) is 2. The van der Waals surface area contributed by atoms with Gasteiger partial charge in [-0.1, -0.05) is 111 Å². The summed E-state index contributed by atoms with van der Waals surface area (Å²) in [5, 5.41) is 27.9. The molecule has 2 amide bonds. The van der Waals surface area contributed by atoms with Crippen LogP contribution < -0.4 is 10.6 Å². The van der Waals surface area contributed by atoms with E-state index in [1.54, 1.807) is 13.0 Å². The number of ether oxygens (including phenoxy) is 4. The van der Waals surface area contributed by atoms with Gasteiger partial charge in [0.1, 0.15) is 25.0 Å². The number of rotatable bonds is 19. The summed E-state index contributed by atoms with van der Waals surface area (Å²) in [5.74, 6) is -4.77. The maximum absolute atomic E-state index is 17.9. The van der Waals surface area contributed by atoms with Gasteiger partial charge in [0.2, 0.25) is 5.91 Å². The molecule has 4 N–H and O–H groups in total. The number of ketones is 3. The van der Waals surface area contributed by atoms with Gasteiger partial charge in [-0.2, -0.15) is 0 Å². The lowest BCUT2D eigenvalue weighted by Crippen LogP contribution is -2.70. The summed E-state index contributed by atoms with van der Waals surface area (Å²) in [6, 6.07) is 30.7. The molecule has 5 aliphatic carbocycles. The molecule has 14 nitrogen and oxygen atoms in total. The lowest BCUT2D eigenvalue weighted by atomic mass is 9.44. The lowest BCUT2D eigenvalue weighted by Gasteiger charge is -2.63. The van der Waals surface area contributed by atoms with Gasteiger partial charge in [0.25, 0.3) is 0 Å². The Bertz CT molecular complexity index is 3130. The number of halogens is 2. The first-order valence-corrected chi connectivity index (χ1v) is 28.3. The fourth-order valence-electron chi connectivity index (χ4n) is 14.5. The number of esters is 1. The maximum Gasteiger partial charge on any atom is 0.407 e. The van der Waals surface area contributed by atoms with Crippen molar-refractivity contribution in [3.8, 4) is 11.1 Å². The molecule has 0 radical (unpaired) electrons. The minimum Gasteiger partial charge on any atom is -0.460 e. The number of alkyl halides is 2. The Kier molecular flexibility index (Phi) is 16.0. The minimum atomic E-state index is -2.36. The van der Waals surface area contributed by atoms with E-state index in [9.17, 15) is 39.0 Å². The Morgan fingerprint density at radius 1 is 0.864 bits per heavy atom. The molecule has 428 valence electrons. The summed E-state index contributed by atoms with van der Waals surface area (Å²) in [7, 11) is 0. The fraction of sp³-hybridized carbons (Fsp3) is 0.477. The van der Waals surface area contributed by atoms with Gasteiger partial charge in [0.05, 0.1) is 18.8 Å². The zero-order valence-corrected chi connectivity index (χ0v) is 46.5. The molecule has 81 heavy (non-hydrogen) atoms. The number of hydrogen-bond acceptors (Lipinski definition) is 12. The molecule has 4 aromatic carbocycles. The van der Waals surface area contributed by atoms with Crippen LogP contribution in [0.15, 0.2) is 121 Å². The second-order valence-electron chi connectivity index (χ2n) is 24.4. The van der Waals surface area contributed by atoms with Gasteiger partial charge in [-0.25, -0.2) is 13.6 Å². The predicted molar refractivity (Wildman–Crippen MR) is 297 cm³/mol. The summed E-state index contributed by atoms with van der Waals surface area (Å²) in [6.45, 7) is 7.55. The van der Waals surface area contributed by atoms with Gasteiger partial charge in [-0.05, 0) is 135 Å². The van der Waals surface area contributed by atoms with Crippen LogP contribution in [0.4, 0.5) is 19.3 Å². The first kappa shape index (κ1) is 57.5. The number of alkyl carbamates (subject to hydrolysis) is 1. The first-order chi connectivity index (χ1) is 38.6. The molecule has 0 spiro atoms. The van der Waals surface area contributed by atoms with Crippen molar-refractivity contribution in [1.82, 2.24) is 5.32 Å². The molecule has 1 aliphatic heterocycles. The van der Waals surface area contributed by atoms with Gasteiger partial charge in [-0.15, -0.1) is 0 Å². The SMILES string of the molecule is CC(C)(C)OC(=O)CCCCC[C@H](CC(=O)CNC(=O)OCC1c2ccccc2-c2ccccc21)C(=O)Nc1cccc(Cc2ccc([C@@H]3O[C@@H]4C[C@H]5[C@@H]6C[C@H](F)C7=CC(=O)C=C[C@]7(C)[C@@]6(F)[C@@H](O)C[C@]5(C)[C@]4(C(=O)CO)O3)cc2)c1. The number of Topliss-reactive ketones (excluding diaryl/α,β-unsaturated/α-hetero) is 2. The van der Waals surface area contributed by atoms with Crippen LogP contribution in [-0.4, -0.2) is 101 Å². The monoisotopic (exact) mass is 1110 g/mol. The highest BCUT2D eigenvalue weighted by Crippen LogP contribution is 2.72. The van der Waals surface area contributed by atoms with E-state index in [2.05, 4.69) is 10.6 Å². The second kappa shape index (κ2) is 22.6. The van der Waals surface area contributed by atoms with E-state index in [0.717, 1.165) is 39.5 Å². The van der Waals surface area contributed by atoms with Crippen molar-refractivity contribution in [3.05, 3.63) is 149 Å². The van der Waals surface area contributed by atoms with Crippen molar-refractivity contribution in [2.45, 2.75) is 146 Å². The summed E-state index contributed by atoms with van der Waals surface area (Å²) < 4.78 is 58.3. The van der Waals surface area contributed by atoms with Crippen molar-refractivity contribution < 1.29 is 66.7 Å². The van der Waals surface area contributed by atoms with E-state index >= 15 is 8.78 Å². The first-order valence-electron chi connectivity index (χ1n) is 28.3. The van der Waals surface area contributed by atoms with E-state index in [1.807, 2.05) is 112 Å². The Morgan fingerprint density at radius 2 is 1.57 bits per heavy atom. The molecular weight excluding hydrogens is 1040 g/mol. The van der Waals surface area contributed by atoms with Gasteiger partial charge >= 0.3 is 12.1 Å². The quantitative estimate of drug-likeness (QED) is 0.0512. The molecule has 1 heterocycles. The molecular formula is C65H72F2N2O12. The van der Waals surface area contributed by atoms with E-state index < -0.39 is 94.4 Å². The zero-order chi connectivity index (χ0) is 57.6. The van der Waals surface area contributed by atoms with Gasteiger partial charge in [0.15, 0.2) is 34.9 Å². The standard InChI is InChI=1S/C65H72F2N2O12/c1-61(2,3)80-57(75)21-8-6-7-15-41(30-44(72)35-68-60(77)78-37-49-47-19-11-9-17-45(47)46-18-10-12-20-48(46)49)58(76)69-42-16-13-14-39(29-42)28-38-22-24-40(25-23-38)59-79-56-33-50-51-32-53(66)52-31-43(71)26-27-62(52,4)64(51,67)54(73)34-63(50,5)65(56,81-59)55(74)36-70/h9-14,16-20,22-27,29,31,41,49-51,53-54,56,59,70,73H,6-8,15,21,28,30,32-37H2,1-5H3,(H,68,77)(H,69,76)/t41-,50+,51+,53+,54+,56-,59-,62+,63+,64+,65-/m1/s1. The molecule has 0 bridgehead atoms. The average Bonchev–Trinajstić information content (AvgIpc) is 1.74. The number of aliphatic hydroxyl groups is 2. The Morgan fingerprint density at radius 3 is 2.26 bits per heavy atom. The maximum atomic E-state index is 17.9. The molecule has 11 atom stereocenters. The summed E-state index contributed by atoms with van der Waals surface area (Å²) in [6.07, 6.45) is -0.147. The number of hydrogen-bond donors (Lipinski definition) is 4. The third kappa shape index (κ3) is 10.7. The summed E-state index contributed by atoms with van der Waals surface area (Å²) >= 11 is 0. The topological polar surface area (TPSA) is 204 Å². The Balaban J connectivity index is 0.770. The molecule has 4 fully saturated rings. The van der Waals surface area contributed by atoms with Crippen LogP contribution in [0.1, 0.15) is 132 Å². The number of fused-ring (bicyclic) bond motifs is 10. The smallest absolute Gasteiger partial charge is 0.407 e. The van der Waals surface area contributed by atoms with Gasteiger partial charge < -0.3 is 39.8 Å². The van der Waals surface area contributed by atoms with Crippen molar-refractivity contribution in [2.75, 3.05) is 25.1 Å². The lowest BCUT2D eigenvalue weighted by molar-refractivity contribution is -0.235. The third-order valence-corrected chi connectivity index (χ3v) is 18.3. The van der Waals surface area contributed by atoms with Crippen molar-refractivity contribution in [1.29, 1.82) is 0 Å². The predicted octanol–water partition coefficient (Wildman–Crippen LogP) is 10.3. The van der Waals surface area contributed by atoms with Crippen LogP contribution in [0.25, 0.3) is 11.1 Å². The fourth-order valence-corrected chi connectivity index (χ4v) is 14.5. The van der Waals surface area contributed by atoms with Crippen LogP contribution in [0.5, 0.6) is 0 Å². The van der Waals surface area contributed by atoms with Crippen LogP contribution in [0.2, 0.25) is 0 Å². The zero-order valence-electron chi connectivity index (χ0n) is 46.5. The average molecular weight is 1110 g/mol. The van der Waals surface area contributed by atoms with Gasteiger partial charge in [-0.3, -0.25) is 24.0 Å². The molecule has 16 heteroatoms. The molecule has 4 aromatic rings. The van der Waals surface area contributed by atoms with E-state index in [0.29, 0.717) is 43.4 Å². The molecule has 3 saturated carbocycles. The number of carbonyl (C=O) groups is 6. The van der Waals surface area contributed by atoms with E-state index in [4.69, 9.17) is 18.9 Å².